The van der Waals surface area contributed by atoms with Gasteiger partial charge in [0.1, 0.15) is 0 Å². The highest BCUT2D eigenvalue weighted by atomic mass is 35.5. The van der Waals surface area contributed by atoms with E-state index in [9.17, 15) is 9.90 Å². The third kappa shape index (κ3) is 3.80. The molecule has 0 unspecified atom stereocenters. The molecule has 1 saturated heterocycles. The van der Waals surface area contributed by atoms with Crippen LogP contribution in [-0.2, 0) is 0 Å². The molecule has 0 saturated carbocycles. The van der Waals surface area contributed by atoms with Gasteiger partial charge in [-0.3, -0.25) is 0 Å². The maximum atomic E-state index is 11.4. The van der Waals surface area contributed by atoms with Crippen molar-refractivity contribution >= 4 is 28.9 Å². The fourth-order valence-electron chi connectivity index (χ4n) is 2.89. The normalized spacial score (nSPS) is 16.9. The van der Waals surface area contributed by atoms with E-state index in [2.05, 4.69) is 11.9 Å². The summed E-state index contributed by atoms with van der Waals surface area (Å²) in [6.45, 7) is 2.97. The van der Waals surface area contributed by atoms with Gasteiger partial charge in [0.05, 0.1) is 16.3 Å². The number of piperidine rings is 1. The summed E-state index contributed by atoms with van der Waals surface area (Å²) in [4.78, 5) is 15.7. The fourth-order valence-corrected chi connectivity index (χ4v) is 3.27. The first-order valence-corrected chi connectivity index (χ1v) is 7.48. The lowest BCUT2D eigenvalue weighted by Crippen LogP contribution is -2.36. The van der Waals surface area contributed by atoms with Crippen LogP contribution in [0.5, 0.6) is 0 Å². The predicted molar refractivity (Wildman–Crippen MR) is 86.3 cm³/mol. The Hall–Kier alpha value is -1.46. The molecule has 0 radical (unpaired) electrons. The second-order valence-electron chi connectivity index (χ2n) is 5.83. The van der Waals surface area contributed by atoms with Crippen LogP contribution < -0.4 is 10.6 Å². The second kappa shape index (κ2) is 6.54. The number of carboxylic acid groups (broad SMARTS) is 1. The molecule has 21 heavy (non-hydrogen) atoms. The highest BCUT2D eigenvalue weighted by molar-refractivity contribution is 6.34. The van der Waals surface area contributed by atoms with Crippen LogP contribution >= 0.6 is 11.6 Å². The van der Waals surface area contributed by atoms with Gasteiger partial charge in [0.2, 0.25) is 0 Å². The van der Waals surface area contributed by atoms with E-state index in [0.29, 0.717) is 22.3 Å². The number of nitrogens with zero attached hydrogens (tertiary/aromatic N) is 2. The summed E-state index contributed by atoms with van der Waals surface area (Å²) in [6, 6.07) is 3.07. The number of aromatic carboxylic acids is 1. The molecule has 116 valence electrons. The molecule has 0 bridgehead atoms. The molecule has 3 N–H and O–H groups in total. The lowest BCUT2D eigenvalue weighted by Gasteiger charge is -2.33. The van der Waals surface area contributed by atoms with Crippen molar-refractivity contribution in [3.8, 4) is 0 Å². The lowest BCUT2D eigenvalue weighted by molar-refractivity contribution is 0.0697. The zero-order valence-corrected chi connectivity index (χ0v) is 13.2. The van der Waals surface area contributed by atoms with Crippen LogP contribution in [0.1, 0.15) is 23.2 Å². The zero-order chi connectivity index (χ0) is 15.6. The Morgan fingerprint density at radius 3 is 2.67 bits per heavy atom. The van der Waals surface area contributed by atoms with E-state index >= 15 is 0 Å². The molecule has 0 spiro atoms. The fraction of sp³-hybridized carbons (Fsp3) is 0.533. The van der Waals surface area contributed by atoms with Gasteiger partial charge >= 0.3 is 5.97 Å². The Morgan fingerprint density at radius 2 is 2.10 bits per heavy atom. The van der Waals surface area contributed by atoms with Crippen LogP contribution in [0.15, 0.2) is 12.1 Å². The van der Waals surface area contributed by atoms with Gasteiger partial charge in [-0.15, -0.1) is 0 Å². The molecule has 5 nitrogen and oxygen atoms in total. The quantitative estimate of drug-likeness (QED) is 0.836. The molecule has 1 aromatic carbocycles. The molecule has 1 heterocycles. The highest BCUT2D eigenvalue weighted by Gasteiger charge is 2.22. The second-order valence-corrected chi connectivity index (χ2v) is 6.24. The molecule has 0 aromatic heterocycles. The first kappa shape index (κ1) is 15.9. The van der Waals surface area contributed by atoms with Crippen LogP contribution in [0.2, 0.25) is 5.02 Å². The van der Waals surface area contributed by atoms with Gasteiger partial charge in [-0.2, -0.15) is 0 Å². The summed E-state index contributed by atoms with van der Waals surface area (Å²) in [5, 5.41) is 9.75. The maximum Gasteiger partial charge on any atom is 0.337 e. The number of carboxylic acids is 1. The zero-order valence-electron chi connectivity index (χ0n) is 12.5. The summed E-state index contributed by atoms with van der Waals surface area (Å²) in [6.07, 6.45) is 2.24. The van der Waals surface area contributed by atoms with Crippen molar-refractivity contribution in [1.29, 1.82) is 0 Å². The number of likely N-dealkylation sites (tertiary alicyclic amines) is 1. The van der Waals surface area contributed by atoms with E-state index < -0.39 is 5.97 Å². The lowest BCUT2D eigenvalue weighted by atomic mass is 9.96. The summed E-state index contributed by atoms with van der Waals surface area (Å²) in [5.74, 6) is -0.448. The van der Waals surface area contributed by atoms with E-state index in [1.54, 1.807) is 6.07 Å². The van der Waals surface area contributed by atoms with Crippen LogP contribution in [0.25, 0.3) is 0 Å². The van der Waals surface area contributed by atoms with E-state index in [-0.39, 0.29) is 5.56 Å². The smallest absolute Gasteiger partial charge is 0.337 e. The minimum absolute atomic E-state index is 0.162. The molecule has 6 heteroatoms. The van der Waals surface area contributed by atoms with Gasteiger partial charge in [-0.25, -0.2) is 4.79 Å². The Balaban J connectivity index is 2.18. The SMILES string of the molecule is CN1CCC(CN(C)c2c(Cl)cc(N)cc2C(=O)O)CC1. The van der Waals surface area contributed by atoms with Gasteiger partial charge in [-0.05, 0) is 51.0 Å². The molecular formula is C15H22ClN3O2. The summed E-state index contributed by atoms with van der Waals surface area (Å²) >= 11 is 6.22. The van der Waals surface area contributed by atoms with Crippen molar-refractivity contribution in [1.82, 2.24) is 4.90 Å². The van der Waals surface area contributed by atoms with Crippen LogP contribution in [-0.4, -0.2) is 49.7 Å². The number of hydrogen-bond donors (Lipinski definition) is 2. The van der Waals surface area contributed by atoms with E-state index in [0.717, 1.165) is 32.5 Å². The molecule has 1 aliphatic heterocycles. The Kier molecular flexibility index (Phi) is 4.96. The molecule has 0 aliphatic carbocycles. The maximum absolute atomic E-state index is 11.4. The summed E-state index contributed by atoms with van der Waals surface area (Å²) in [7, 11) is 4.02. The average molecular weight is 312 g/mol. The number of nitrogen functional groups attached to an aromatic ring is 1. The number of nitrogens with two attached hydrogens (primary N) is 1. The van der Waals surface area contributed by atoms with Gasteiger partial charge in [0, 0.05) is 19.3 Å². The minimum atomic E-state index is -1.01. The van der Waals surface area contributed by atoms with Crippen molar-refractivity contribution in [3.63, 3.8) is 0 Å². The highest BCUT2D eigenvalue weighted by Crippen LogP contribution is 2.33. The third-order valence-corrected chi connectivity index (χ3v) is 4.36. The van der Waals surface area contributed by atoms with E-state index in [1.807, 2.05) is 11.9 Å². The largest absolute Gasteiger partial charge is 0.478 e. The number of rotatable bonds is 4. The third-order valence-electron chi connectivity index (χ3n) is 4.07. The van der Waals surface area contributed by atoms with Gasteiger partial charge in [0.25, 0.3) is 0 Å². The van der Waals surface area contributed by atoms with Gasteiger partial charge in [0.15, 0.2) is 0 Å². The topological polar surface area (TPSA) is 69.8 Å². The van der Waals surface area contributed by atoms with Crippen molar-refractivity contribution in [2.24, 2.45) is 5.92 Å². The summed E-state index contributed by atoms with van der Waals surface area (Å²) < 4.78 is 0. The molecule has 0 atom stereocenters. The van der Waals surface area contributed by atoms with Crippen molar-refractivity contribution in [3.05, 3.63) is 22.7 Å². The van der Waals surface area contributed by atoms with Gasteiger partial charge < -0.3 is 20.6 Å². The van der Waals surface area contributed by atoms with Crippen molar-refractivity contribution in [2.75, 3.05) is 44.4 Å². The molecule has 1 fully saturated rings. The number of carbonyl (C=O) groups is 1. The Bertz CT molecular complexity index is 528. The number of anilines is 2. The van der Waals surface area contributed by atoms with Crippen LogP contribution in [0.3, 0.4) is 0 Å². The van der Waals surface area contributed by atoms with Crippen LogP contribution in [0.4, 0.5) is 11.4 Å². The standard InChI is InChI=1S/C15H22ClN3O2/c1-18-5-3-10(4-6-18)9-19(2)14-12(15(20)21)7-11(17)8-13(14)16/h7-8,10H,3-6,9,17H2,1-2H3,(H,20,21). The number of halogens is 1. The monoisotopic (exact) mass is 311 g/mol. The Labute approximate surface area is 130 Å². The summed E-state index contributed by atoms with van der Waals surface area (Å²) in [5.41, 5.74) is 6.78. The van der Waals surface area contributed by atoms with E-state index in [1.165, 1.54) is 6.07 Å². The van der Waals surface area contributed by atoms with E-state index in [4.69, 9.17) is 17.3 Å². The average Bonchev–Trinajstić information content (AvgIpc) is 2.40. The molecular weight excluding hydrogens is 290 g/mol. The molecule has 2 rings (SSSR count). The predicted octanol–water partition coefficient (Wildman–Crippen LogP) is 2.40. The Morgan fingerprint density at radius 1 is 1.48 bits per heavy atom. The molecule has 1 aliphatic rings. The molecule has 0 amide bonds. The first-order valence-electron chi connectivity index (χ1n) is 7.10. The number of benzene rings is 1. The van der Waals surface area contributed by atoms with Crippen molar-refractivity contribution < 1.29 is 9.90 Å². The van der Waals surface area contributed by atoms with Crippen LogP contribution in [0, 0.1) is 5.92 Å². The van der Waals surface area contributed by atoms with Crippen molar-refractivity contribution in [2.45, 2.75) is 12.8 Å². The number of hydrogen-bond acceptors (Lipinski definition) is 4. The minimum Gasteiger partial charge on any atom is -0.478 e. The van der Waals surface area contributed by atoms with Gasteiger partial charge in [-0.1, -0.05) is 11.6 Å². The first-order chi connectivity index (χ1) is 9.88. The molecule has 1 aromatic rings.